The third-order valence-corrected chi connectivity index (χ3v) is 5.98. The lowest BCUT2D eigenvalue weighted by Gasteiger charge is -2.30. The van der Waals surface area contributed by atoms with Gasteiger partial charge in [-0.1, -0.05) is 12.1 Å². The molecule has 0 spiro atoms. The van der Waals surface area contributed by atoms with E-state index in [0.29, 0.717) is 37.7 Å². The maximum atomic E-state index is 13.1. The van der Waals surface area contributed by atoms with E-state index in [1.165, 1.54) is 6.20 Å². The van der Waals surface area contributed by atoms with Gasteiger partial charge in [-0.15, -0.1) is 0 Å². The van der Waals surface area contributed by atoms with Crippen LogP contribution in [0.1, 0.15) is 10.5 Å². The summed E-state index contributed by atoms with van der Waals surface area (Å²) in [6, 6.07) is 9.28. The van der Waals surface area contributed by atoms with Crippen molar-refractivity contribution in [2.24, 2.45) is 0 Å². The van der Waals surface area contributed by atoms with Crippen molar-refractivity contribution in [1.29, 1.82) is 0 Å². The summed E-state index contributed by atoms with van der Waals surface area (Å²) in [6.45, 7) is 4.38. The average Bonchev–Trinajstić information content (AvgIpc) is 2.90. The van der Waals surface area contributed by atoms with Gasteiger partial charge in [-0.3, -0.25) is 14.6 Å². The maximum absolute atomic E-state index is 13.1. The third-order valence-electron chi connectivity index (χ3n) is 5.98. The first kappa shape index (κ1) is 22.7. The minimum absolute atomic E-state index is 0.0284. The number of pyridine rings is 1. The highest BCUT2D eigenvalue weighted by atomic mass is 16.5. The van der Waals surface area contributed by atoms with Gasteiger partial charge in [0.25, 0.3) is 5.91 Å². The van der Waals surface area contributed by atoms with Crippen molar-refractivity contribution in [3.8, 4) is 11.3 Å². The van der Waals surface area contributed by atoms with E-state index in [-0.39, 0.29) is 17.4 Å². The molecular weight excluding hydrogens is 448 g/mol. The molecule has 0 radical (unpaired) electrons. The molecule has 2 fully saturated rings. The third kappa shape index (κ3) is 4.91. The molecule has 11 nitrogen and oxygen atoms in total. The quantitative estimate of drug-likeness (QED) is 0.497. The molecule has 180 valence electrons. The lowest BCUT2D eigenvalue weighted by molar-refractivity contribution is -0.118. The molecule has 4 N–H and O–H groups in total. The van der Waals surface area contributed by atoms with Gasteiger partial charge in [0.05, 0.1) is 49.2 Å². The van der Waals surface area contributed by atoms with Crippen LogP contribution in [0, 0.1) is 0 Å². The summed E-state index contributed by atoms with van der Waals surface area (Å²) in [4.78, 5) is 42.0. The summed E-state index contributed by atoms with van der Waals surface area (Å²) in [7, 11) is 0. The Morgan fingerprint density at radius 1 is 1.09 bits per heavy atom. The summed E-state index contributed by atoms with van der Waals surface area (Å²) in [5.74, 6) is -0.407. The van der Waals surface area contributed by atoms with Crippen molar-refractivity contribution in [3.05, 3.63) is 54.6 Å². The number of carbonyl (C=O) groups excluding carboxylic acids is 2. The summed E-state index contributed by atoms with van der Waals surface area (Å²) >= 11 is 0. The van der Waals surface area contributed by atoms with E-state index in [2.05, 4.69) is 30.5 Å². The van der Waals surface area contributed by atoms with Gasteiger partial charge in [0, 0.05) is 43.6 Å². The molecule has 0 saturated carbocycles. The Hall–Kier alpha value is -4.09. The van der Waals surface area contributed by atoms with E-state index in [9.17, 15) is 9.59 Å². The number of anilines is 4. The Morgan fingerprint density at radius 2 is 1.89 bits per heavy atom. The first-order chi connectivity index (χ1) is 17.1. The number of nitrogen functional groups attached to an aromatic ring is 1. The van der Waals surface area contributed by atoms with E-state index < -0.39 is 5.91 Å². The number of benzene rings is 1. The van der Waals surface area contributed by atoms with Crippen molar-refractivity contribution in [1.82, 2.24) is 20.3 Å². The van der Waals surface area contributed by atoms with E-state index in [1.807, 2.05) is 30.3 Å². The topological polar surface area (TPSA) is 139 Å². The molecule has 35 heavy (non-hydrogen) atoms. The molecule has 0 aliphatic carbocycles. The van der Waals surface area contributed by atoms with Crippen LogP contribution < -0.4 is 26.2 Å². The lowest BCUT2D eigenvalue weighted by Crippen LogP contribution is -2.48. The maximum Gasteiger partial charge on any atom is 0.278 e. The van der Waals surface area contributed by atoms with Crippen LogP contribution in [0.5, 0.6) is 0 Å². The first-order valence-electron chi connectivity index (χ1n) is 11.4. The van der Waals surface area contributed by atoms with Crippen LogP contribution >= 0.6 is 0 Å². The SMILES string of the molecule is Nc1ncc(-c2ccc(N3CCNCC3=O)cc2)nc1C(=O)Nc1cnccc1N1CCOCC1. The second-order valence-corrected chi connectivity index (χ2v) is 8.20. The number of carbonyl (C=O) groups is 2. The van der Waals surface area contributed by atoms with Gasteiger partial charge in [-0.05, 0) is 18.2 Å². The van der Waals surface area contributed by atoms with Crippen LogP contribution in [0.2, 0.25) is 0 Å². The second-order valence-electron chi connectivity index (χ2n) is 8.20. The number of ether oxygens (including phenoxy) is 1. The Bertz CT molecular complexity index is 1230. The van der Waals surface area contributed by atoms with Crippen molar-refractivity contribution in [2.75, 3.05) is 66.8 Å². The van der Waals surface area contributed by atoms with Crippen molar-refractivity contribution in [2.45, 2.75) is 0 Å². The van der Waals surface area contributed by atoms with Crippen molar-refractivity contribution < 1.29 is 14.3 Å². The Kier molecular flexibility index (Phi) is 6.51. The highest BCUT2D eigenvalue weighted by molar-refractivity contribution is 6.07. The van der Waals surface area contributed by atoms with Crippen LogP contribution in [0.15, 0.2) is 48.9 Å². The molecule has 0 bridgehead atoms. The van der Waals surface area contributed by atoms with Crippen LogP contribution in [0.4, 0.5) is 22.9 Å². The zero-order chi connectivity index (χ0) is 24.2. The van der Waals surface area contributed by atoms with E-state index >= 15 is 0 Å². The minimum Gasteiger partial charge on any atom is -0.382 e. The number of morpholine rings is 1. The molecule has 0 atom stereocenters. The van der Waals surface area contributed by atoms with E-state index in [1.54, 1.807) is 17.3 Å². The molecule has 3 aromatic rings. The molecule has 11 heteroatoms. The van der Waals surface area contributed by atoms with E-state index in [0.717, 1.165) is 36.6 Å². The number of aromatic nitrogens is 3. The normalized spacial score (nSPS) is 16.3. The first-order valence-corrected chi connectivity index (χ1v) is 11.4. The number of hydrogen-bond donors (Lipinski definition) is 3. The lowest BCUT2D eigenvalue weighted by atomic mass is 10.1. The number of rotatable bonds is 5. The van der Waals surface area contributed by atoms with Crippen LogP contribution in [-0.2, 0) is 9.53 Å². The number of piperazine rings is 1. The molecule has 2 aromatic heterocycles. The van der Waals surface area contributed by atoms with Gasteiger partial charge >= 0.3 is 0 Å². The van der Waals surface area contributed by atoms with E-state index in [4.69, 9.17) is 10.5 Å². The van der Waals surface area contributed by atoms with Crippen LogP contribution in [0.25, 0.3) is 11.3 Å². The Balaban J connectivity index is 1.36. The molecular formula is C24H26N8O3. The van der Waals surface area contributed by atoms with Gasteiger partial charge in [-0.25, -0.2) is 9.97 Å². The molecule has 0 unspecified atom stereocenters. The molecule has 2 saturated heterocycles. The predicted octanol–water partition coefficient (Wildman–Crippen LogP) is 1.15. The van der Waals surface area contributed by atoms with Gasteiger partial charge in [0.1, 0.15) is 0 Å². The smallest absolute Gasteiger partial charge is 0.278 e. The fourth-order valence-corrected chi connectivity index (χ4v) is 4.14. The predicted molar refractivity (Wildman–Crippen MR) is 132 cm³/mol. The molecule has 4 heterocycles. The fourth-order valence-electron chi connectivity index (χ4n) is 4.14. The van der Waals surface area contributed by atoms with Crippen molar-refractivity contribution >= 4 is 34.7 Å². The van der Waals surface area contributed by atoms with Gasteiger partial charge in [0.15, 0.2) is 11.5 Å². The van der Waals surface area contributed by atoms with Crippen molar-refractivity contribution in [3.63, 3.8) is 0 Å². The van der Waals surface area contributed by atoms with Crippen LogP contribution in [-0.4, -0.2) is 72.7 Å². The second kappa shape index (κ2) is 10.0. The number of nitrogens with one attached hydrogen (secondary N) is 2. The summed E-state index contributed by atoms with van der Waals surface area (Å²) in [5.41, 5.74) is 9.54. The van der Waals surface area contributed by atoms with Crippen LogP contribution in [0.3, 0.4) is 0 Å². The molecule has 2 aliphatic rings. The zero-order valence-electron chi connectivity index (χ0n) is 19.1. The summed E-state index contributed by atoms with van der Waals surface area (Å²) in [6.07, 6.45) is 4.82. The fraction of sp³-hybridized carbons (Fsp3) is 0.292. The average molecular weight is 475 g/mol. The molecule has 5 rings (SSSR count). The largest absolute Gasteiger partial charge is 0.382 e. The Morgan fingerprint density at radius 3 is 2.66 bits per heavy atom. The summed E-state index contributed by atoms with van der Waals surface area (Å²) in [5, 5.41) is 5.95. The minimum atomic E-state index is -0.470. The highest BCUT2D eigenvalue weighted by Crippen LogP contribution is 2.27. The standard InChI is InChI=1S/C24H26N8O3/c25-23-22(24(34)30-19-13-26-6-5-20(19)31-9-11-35-12-10-31)29-18(14-28-23)16-1-3-17(4-2-16)32-8-7-27-15-21(32)33/h1-6,13-14,27H,7-12,15H2,(H2,25,28)(H,30,34). The zero-order valence-corrected chi connectivity index (χ0v) is 19.1. The monoisotopic (exact) mass is 474 g/mol. The molecule has 2 amide bonds. The van der Waals surface area contributed by atoms with Gasteiger partial charge in [-0.2, -0.15) is 0 Å². The highest BCUT2D eigenvalue weighted by Gasteiger charge is 2.21. The number of nitrogens with zero attached hydrogens (tertiary/aromatic N) is 5. The number of hydrogen-bond acceptors (Lipinski definition) is 9. The Labute approximate surface area is 202 Å². The summed E-state index contributed by atoms with van der Waals surface area (Å²) < 4.78 is 5.43. The van der Waals surface area contributed by atoms with Gasteiger partial charge < -0.3 is 30.9 Å². The molecule has 1 aromatic carbocycles. The van der Waals surface area contributed by atoms with Gasteiger partial charge in [0.2, 0.25) is 5.91 Å². The molecule has 2 aliphatic heterocycles. The number of nitrogens with two attached hydrogens (primary N) is 1. The number of amides is 2.